The van der Waals surface area contributed by atoms with Crippen LogP contribution < -0.4 is 0 Å². The molecule has 160 valence electrons. The summed E-state index contributed by atoms with van der Waals surface area (Å²) >= 11 is 0. The predicted molar refractivity (Wildman–Crippen MR) is 104 cm³/mol. The van der Waals surface area contributed by atoms with Crippen LogP contribution in [0.25, 0.3) is 0 Å². The number of aliphatic hydroxyl groups is 1. The molecule has 0 aromatic heterocycles. The van der Waals surface area contributed by atoms with Gasteiger partial charge >= 0.3 is 17.9 Å². The van der Waals surface area contributed by atoms with E-state index in [-0.39, 0.29) is 5.92 Å². The van der Waals surface area contributed by atoms with Gasteiger partial charge in [0.15, 0.2) is 0 Å². The minimum absolute atomic E-state index is 0.309. The highest BCUT2D eigenvalue weighted by atomic mass is 16.6. The molecule has 1 saturated carbocycles. The molecule has 0 aromatic rings. The molecule has 0 bridgehead atoms. The van der Waals surface area contributed by atoms with E-state index in [1.54, 1.807) is 26.8 Å². The van der Waals surface area contributed by atoms with Gasteiger partial charge in [-0.1, -0.05) is 13.0 Å². The Morgan fingerprint density at radius 2 is 1.93 bits per heavy atom. The molecule has 0 aromatic carbocycles. The Morgan fingerprint density at radius 3 is 2.52 bits per heavy atom. The van der Waals surface area contributed by atoms with Crippen molar-refractivity contribution in [2.45, 2.75) is 84.7 Å². The van der Waals surface area contributed by atoms with Crippen molar-refractivity contribution in [1.29, 1.82) is 0 Å². The molecule has 3 rings (SSSR count). The number of carbonyl (C=O) groups excluding carboxylic acids is 3. The number of hydrogen-bond acceptors (Lipinski definition) is 7. The molecule has 0 radical (unpaired) electrons. The minimum atomic E-state index is -1.40. The van der Waals surface area contributed by atoms with Crippen molar-refractivity contribution in [2.24, 2.45) is 11.3 Å². The zero-order chi connectivity index (χ0) is 21.7. The van der Waals surface area contributed by atoms with Gasteiger partial charge in [-0.3, -0.25) is 4.79 Å². The molecule has 0 spiro atoms. The van der Waals surface area contributed by atoms with E-state index in [4.69, 9.17) is 14.2 Å². The number of fused-ring (bicyclic) bond motifs is 3. The van der Waals surface area contributed by atoms with Crippen LogP contribution >= 0.6 is 0 Å². The van der Waals surface area contributed by atoms with Crippen LogP contribution in [0.5, 0.6) is 0 Å². The largest absolute Gasteiger partial charge is 0.462 e. The van der Waals surface area contributed by atoms with E-state index in [9.17, 15) is 19.5 Å². The second-order valence-electron chi connectivity index (χ2n) is 8.80. The zero-order valence-corrected chi connectivity index (χ0v) is 17.9. The van der Waals surface area contributed by atoms with Crippen LogP contribution in [0.3, 0.4) is 0 Å². The molecule has 1 N–H and O–H groups in total. The third kappa shape index (κ3) is 3.29. The summed E-state index contributed by atoms with van der Waals surface area (Å²) in [5.74, 6) is -1.91. The summed E-state index contributed by atoms with van der Waals surface area (Å²) in [7, 11) is 0. The Labute approximate surface area is 171 Å². The molecule has 2 aliphatic carbocycles. The van der Waals surface area contributed by atoms with Gasteiger partial charge in [-0.05, 0) is 51.7 Å². The molecule has 1 aliphatic heterocycles. The van der Waals surface area contributed by atoms with Crippen LogP contribution in [0.15, 0.2) is 22.8 Å². The number of esters is 3. The molecular weight excluding hydrogens is 376 g/mol. The van der Waals surface area contributed by atoms with Crippen molar-refractivity contribution < 1.29 is 33.7 Å². The summed E-state index contributed by atoms with van der Waals surface area (Å²) in [5.41, 5.74) is -0.0139. The van der Waals surface area contributed by atoms with Crippen molar-refractivity contribution in [3.63, 3.8) is 0 Å². The normalized spacial score (nSPS) is 39.4. The van der Waals surface area contributed by atoms with Crippen molar-refractivity contribution >= 4 is 17.9 Å². The standard InChI is InChI=1S/C22H30O7/c1-7-11(2)19(25)29-22(6)14-8-9-21(5)16(27-13(4)23)10-15(24)12(3)17(21)18(14)28-20(22)26/h7,14-16,18,24H,8-10H2,1-6H3/b11-7-/t14-,15+,16+,18-,21-,22+/m1/s1. The van der Waals surface area contributed by atoms with E-state index in [1.165, 1.54) is 6.92 Å². The number of carbonyl (C=O) groups is 3. The van der Waals surface area contributed by atoms with Crippen LogP contribution in [0.1, 0.15) is 60.8 Å². The monoisotopic (exact) mass is 406 g/mol. The van der Waals surface area contributed by atoms with Crippen LogP contribution in [0.4, 0.5) is 0 Å². The van der Waals surface area contributed by atoms with E-state index >= 15 is 0 Å². The van der Waals surface area contributed by atoms with E-state index in [2.05, 4.69) is 0 Å². The average molecular weight is 406 g/mol. The van der Waals surface area contributed by atoms with Gasteiger partial charge in [0.25, 0.3) is 0 Å². The number of hydrogen-bond donors (Lipinski definition) is 1. The molecule has 29 heavy (non-hydrogen) atoms. The molecule has 0 unspecified atom stereocenters. The Balaban J connectivity index is 2.00. The minimum Gasteiger partial charge on any atom is -0.462 e. The quantitative estimate of drug-likeness (QED) is 0.333. The fraction of sp³-hybridized carbons (Fsp3) is 0.682. The summed E-state index contributed by atoms with van der Waals surface area (Å²) in [6.07, 6.45) is 1.21. The maximum Gasteiger partial charge on any atom is 0.351 e. The second-order valence-corrected chi connectivity index (χ2v) is 8.80. The molecule has 6 atom stereocenters. The highest BCUT2D eigenvalue weighted by Crippen LogP contribution is 2.57. The van der Waals surface area contributed by atoms with Gasteiger partial charge in [-0.2, -0.15) is 0 Å². The SMILES string of the molecule is C/C=C(/C)C(=O)O[C@]1(C)C(=O)O[C@H]2C3=C(C)[C@@H](O)C[C@H](OC(C)=O)[C@@]3(C)CC[C@H]21. The Kier molecular flexibility index (Phi) is 5.41. The lowest BCUT2D eigenvalue weighted by molar-refractivity contribution is -0.170. The van der Waals surface area contributed by atoms with E-state index in [0.717, 1.165) is 11.1 Å². The molecule has 1 heterocycles. The summed E-state index contributed by atoms with van der Waals surface area (Å²) in [4.78, 5) is 36.9. The lowest BCUT2D eigenvalue weighted by Gasteiger charge is -2.51. The first-order valence-corrected chi connectivity index (χ1v) is 10.1. The summed E-state index contributed by atoms with van der Waals surface area (Å²) in [6.45, 7) is 10.1. The van der Waals surface area contributed by atoms with Gasteiger partial charge in [0, 0.05) is 24.3 Å². The smallest absolute Gasteiger partial charge is 0.351 e. The van der Waals surface area contributed by atoms with E-state index in [0.29, 0.717) is 24.8 Å². The molecule has 3 aliphatic rings. The fourth-order valence-corrected chi connectivity index (χ4v) is 5.07. The first-order valence-electron chi connectivity index (χ1n) is 10.1. The summed E-state index contributed by atoms with van der Waals surface area (Å²) in [6, 6.07) is 0. The van der Waals surface area contributed by atoms with Gasteiger partial charge < -0.3 is 19.3 Å². The van der Waals surface area contributed by atoms with Gasteiger partial charge in [0.2, 0.25) is 5.60 Å². The number of allylic oxidation sites excluding steroid dienone is 1. The van der Waals surface area contributed by atoms with Gasteiger partial charge in [-0.15, -0.1) is 0 Å². The van der Waals surface area contributed by atoms with Crippen molar-refractivity contribution in [3.05, 3.63) is 22.8 Å². The maximum absolute atomic E-state index is 12.8. The Bertz CT molecular complexity index is 810. The van der Waals surface area contributed by atoms with Crippen LogP contribution in [-0.4, -0.2) is 46.9 Å². The first kappa shape index (κ1) is 21.6. The van der Waals surface area contributed by atoms with Gasteiger partial charge in [-0.25, -0.2) is 9.59 Å². The Morgan fingerprint density at radius 1 is 1.28 bits per heavy atom. The van der Waals surface area contributed by atoms with Crippen molar-refractivity contribution in [2.75, 3.05) is 0 Å². The molecule has 1 saturated heterocycles. The van der Waals surface area contributed by atoms with Crippen LogP contribution in [0.2, 0.25) is 0 Å². The van der Waals surface area contributed by atoms with Crippen LogP contribution in [-0.2, 0) is 28.6 Å². The van der Waals surface area contributed by atoms with E-state index < -0.39 is 47.2 Å². The third-order valence-electron chi connectivity index (χ3n) is 7.03. The second kappa shape index (κ2) is 7.27. The van der Waals surface area contributed by atoms with Gasteiger partial charge in [0.1, 0.15) is 12.2 Å². The number of rotatable bonds is 3. The highest BCUT2D eigenvalue weighted by molar-refractivity contribution is 5.92. The van der Waals surface area contributed by atoms with Crippen molar-refractivity contribution in [1.82, 2.24) is 0 Å². The lowest BCUT2D eigenvalue weighted by atomic mass is 9.57. The predicted octanol–water partition coefficient (Wildman–Crippen LogP) is 2.61. The zero-order valence-electron chi connectivity index (χ0n) is 17.9. The summed E-state index contributed by atoms with van der Waals surface area (Å²) < 4.78 is 17.0. The third-order valence-corrected chi connectivity index (χ3v) is 7.03. The van der Waals surface area contributed by atoms with Crippen LogP contribution in [0, 0.1) is 11.3 Å². The molecule has 7 heteroatoms. The number of ether oxygens (including phenoxy) is 3. The first-order chi connectivity index (χ1) is 13.5. The maximum atomic E-state index is 12.8. The van der Waals surface area contributed by atoms with Gasteiger partial charge in [0.05, 0.1) is 12.0 Å². The molecule has 2 fully saturated rings. The van der Waals surface area contributed by atoms with E-state index in [1.807, 2.05) is 13.8 Å². The summed E-state index contributed by atoms with van der Waals surface area (Å²) in [5, 5.41) is 10.6. The average Bonchev–Trinajstić information content (AvgIpc) is 2.88. The lowest BCUT2D eigenvalue weighted by Crippen LogP contribution is -2.54. The molecule has 0 amide bonds. The molecular formula is C22H30O7. The molecule has 7 nitrogen and oxygen atoms in total. The van der Waals surface area contributed by atoms with Crippen molar-refractivity contribution in [3.8, 4) is 0 Å². The number of aliphatic hydroxyl groups excluding tert-OH is 1. The highest BCUT2D eigenvalue weighted by Gasteiger charge is 2.64. The topological polar surface area (TPSA) is 99.1 Å². The fourth-order valence-electron chi connectivity index (χ4n) is 5.07. The Hall–Kier alpha value is -2.15.